The molecular weight excluding hydrogens is 486 g/mol. The van der Waals surface area contributed by atoms with Gasteiger partial charge in [0, 0.05) is 10.9 Å². The number of benzene rings is 3. The van der Waals surface area contributed by atoms with Gasteiger partial charge in [0.15, 0.2) is 5.13 Å². The van der Waals surface area contributed by atoms with Gasteiger partial charge in [-0.2, -0.15) is 0 Å². The minimum atomic E-state index is -3.88. The standard InChI is InChI=1S/C25H21N3O5S2/c1-16-7-13-19(14-8-16)35(31,32)28-21-6-4-3-5-20(21)23(29)27-25-26-22(15-34-25)17-9-11-18(12-10-17)24(30)33-2/h3-15,28H,1-2H3,(H,26,27,29). The molecule has 10 heteroatoms. The predicted molar refractivity (Wildman–Crippen MR) is 135 cm³/mol. The Labute approximate surface area is 206 Å². The molecule has 0 fully saturated rings. The third-order valence-corrected chi connectivity index (χ3v) is 7.21. The number of para-hydroxylation sites is 1. The fourth-order valence-electron chi connectivity index (χ4n) is 3.21. The molecule has 0 saturated heterocycles. The molecule has 0 atom stereocenters. The van der Waals surface area contributed by atoms with Crippen LogP contribution in [0.2, 0.25) is 0 Å². The van der Waals surface area contributed by atoms with Gasteiger partial charge in [-0.05, 0) is 43.3 Å². The van der Waals surface area contributed by atoms with E-state index in [9.17, 15) is 18.0 Å². The number of methoxy groups -OCH3 is 1. The third-order valence-electron chi connectivity index (χ3n) is 5.07. The molecule has 1 amide bonds. The third kappa shape index (κ3) is 5.56. The van der Waals surface area contributed by atoms with Crippen LogP contribution in [0.3, 0.4) is 0 Å². The molecule has 0 aliphatic rings. The SMILES string of the molecule is COC(=O)c1ccc(-c2csc(NC(=O)c3ccccc3NS(=O)(=O)c3ccc(C)cc3)n2)cc1. The molecule has 0 aliphatic heterocycles. The summed E-state index contributed by atoms with van der Waals surface area (Å²) in [4.78, 5) is 29.1. The van der Waals surface area contributed by atoms with Crippen LogP contribution in [-0.2, 0) is 14.8 Å². The molecule has 0 radical (unpaired) electrons. The van der Waals surface area contributed by atoms with E-state index in [-0.39, 0.29) is 16.1 Å². The Morgan fingerprint density at radius 2 is 1.63 bits per heavy atom. The number of sulfonamides is 1. The van der Waals surface area contributed by atoms with Crippen LogP contribution in [0.1, 0.15) is 26.3 Å². The van der Waals surface area contributed by atoms with Gasteiger partial charge < -0.3 is 4.74 Å². The molecule has 2 N–H and O–H groups in total. The molecule has 0 spiro atoms. The smallest absolute Gasteiger partial charge is 0.337 e. The van der Waals surface area contributed by atoms with Crippen LogP contribution in [0.5, 0.6) is 0 Å². The quantitative estimate of drug-likeness (QED) is 0.342. The van der Waals surface area contributed by atoms with Crippen molar-refractivity contribution in [3.05, 3.63) is 94.9 Å². The first-order valence-corrected chi connectivity index (χ1v) is 12.8. The lowest BCUT2D eigenvalue weighted by Gasteiger charge is -2.12. The number of carbonyl (C=O) groups excluding carboxylic acids is 2. The van der Waals surface area contributed by atoms with Crippen LogP contribution in [0.15, 0.2) is 83.1 Å². The van der Waals surface area contributed by atoms with Crippen molar-refractivity contribution >= 4 is 44.1 Å². The van der Waals surface area contributed by atoms with Crippen molar-refractivity contribution in [2.24, 2.45) is 0 Å². The summed E-state index contributed by atoms with van der Waals surface area (Å²) in [6.45, 7) is 1.87. The molecule has 178 valence electrons. The van der Waals surface area contributed by atoms with E-state index in [0.29, 0.717) is 16.4 Å². The molecule has 0 bridgehead atoms. The summed E-state index contributed by atoms with van der Waals surface area (Å²) in [5.41, 5.74) is 3.05. The lowest BCUT2D eigenvalue weighted by molar-refractivity contribution is 0.0600. The van der Waals surface area contributed by atoms with Crippen molar-refractivity contribution < 1.29 is 22.7 Å². The van der Waals surface area contributed by atoms with Gasteiger partial charge >= 0.3 is 5.97 Å². The van der Waals surface area contributed by atoms with Crippen molar-refractivity contribution in [1.82, 2.24) is 4.98 Å². The van der Waals surface area contributed by atoms with E-state index in [4.69, 9.17) is 4.74 Å². The zero-order valence-electron chi connectivity index (χ0n) is 18.8. The summed E-state index contributed by atoms with van der Waals surface area (Å²) >= 11 is 1.23. The van der Waals surface area contributed by atoms with Crippen LogP contribution in [-0.4, -0.2) is 32.4 Å². The van der Waals surface area contributed by atoms with E-state index < -0.39 is 21.9 Å². The van der Waals surface area contributed by atoms with Gasteiger partial charge in [0.25, 0.3) is 15.9 Å². The number of anilines is 2. The lowest BCUT2D eigenvalue weighted by atomic mass is 10.1. The van der Waals surface area contributed by atoms with Crippen LogP contribution in [0.4, 0.5) is 10.8 Å². The molecule has 4 rings (SSSR count). The van der Waals surface area contributed by atoms with E-state index in [2.05, 4.69) is 15.0 Å². The number of amides is 1. The Hall–Kier alpha value is -4.02. The minimum Gasteiger partial charge on any atom is -0.465 e. The molecule has 4 aromatic rings. The molecule has 3 aromatic carbocycles. The Morgan fingerprint density at radius 3 is 2.31 bits per heavy atom. The number of aromatic nitrogens is 1. The maximum atomic E-state index is 13.0. The van der Waals surface area contributed by atoms with Crippen LogP contribution in [0.25, 0.3) is 11.3 Å². The topological polar surface area (TPSA) is 114 Å². The van der Waals surface area contributed by atoms with Gasteiger partial charge in [0.05, 0.1) is 34.5 Å². The van der Waals surface area contributed by atoms with E-state index in [0.717, 1.165) is 11.1 Å². The average Bonchev–Trinajstić information content (AvgIpc) is 3.32. The fourth-order valence-corrected chi connectivity index (χ4v) is 5.01. The zero-order valence-corrected chi connectivity index (χ0v) is 20.4. The van der Waals surface area contributed by atoms with Crippen molar-refractivity contribution in [3.63, 3.8) is 0 Å². The second kappa shape index (κ2) is 10.1. The molecule has 8 nitrogen and oxygen atoms in total. The number of carbonyl (C=O) groups is 2. The largest absolute Gasteiger partial charge is 0.465 e. The number of ether oxygens (including phenoxy) is 1. The van der Waals surface area contributed by atoms with Crippen LogP contribution >= 0.6 is 11.3 Å². The van der Waals surface area contributed by atoms with Gasteiger partial charge in [-0.3, -0.25) is 14.8 Å². The first-order valence-electron chi connectivity index (χ1n) is 10.4. The van der Waals surface area contributed by atoms with Crippen LogP contribution < -0.4 is 10.0 Å². The zero-order chi connectivity index (χ0) is 25.0. The normalized spacial score (nSPS) is 11.0. The number of rotatable bonds is 7. The summed E-state index contributed by atoms with van der Waals surface area (Å²) in [7, 11) is -2.56. The van der Waals surface area contributed by atoms with E-state index in [1.807, 2.05) is 6.92 Å². The fraction of sp³-hybridized carbons (Fsp3) is 0.0800. The Kier molecular flexibility index (Phi) is 6.94. The summed E-state index contributed by atoms with van der Waals surface area (Å²) in [5.74, 6) is -0.936. The second-order valence-corrected chi connectivity index (χ2v) is 10.1. The molecule has 0 unspecified atom stereocenters. The Balaban J connectivity index is 1.51. The first kappa shape index (κ1) is 24.1. The minimum absolute atomic E-state index is 0.0982. The number of hydrogen-bond acceptors (Lipinski definition) is 7. The monoisotopic (exact) mass is 507 g/mol. The van der Waals surface area contributed by atoms with Crippen molar-refractivity contribution in [1.29, 1.82) is 0 Å². The van der Waals surface area contributed by atoms with Crippen molar-refractivity contribution in [2.75, 3.05) is 17.1 Å². The van der Waals surface area contributed by atoms with Gasteiger partial charge in [0.1, 0.15) is 0 Å². The van der Waals surface area contributed by atoms with Gasteiger partial charge in [0.2, 0.25) is 0 Å². The Bertz CT molecular complexity index is 1480. The highest BCUT2D eigenvalue weighted by Crippen LogP contribution is 2.27. The summed E-state index contributed by atoms with van der Waals surface area (Å²) < 4.78 is 32.8. The van der Waals surface area contributed by atoms with Gasteiger partial charge in [-0.15, -0.1) is 11.3 Å². The highest BCUT2D eigenvalue weighted by molar-refractivity contribution is 7.92. The van der Waals surface area contributed by atoms with Gasteiger partial charge in [-0.25, -0.2) is 18.2 Å². The van der Waals surface area contributed by atoms with Crippen molar-refractivity contribution in [2.45, 2.75) is 11.8 Å². The summed E-state index contributed by atoms with van der Waals surface area (Å²) in [6, 6.07) is 19.5. The number of hydrogen-bond donors (Lipinski definition) is 2. The molecule has 0 saturated carbocycles. The van der Waals surface area contributed by atoms with Crippen LogP contribution in [0, 0.1) is 6.92 Å². The second-order valence-electron chi connectivity index (χ2n) is 7.53. The maximum absolute atomic E-state index is 13.0. The molecule has 1 heterocycles. The first-order chi connectivity index (χ1) is 16.8. The van der Waals surface area contributed by atoms with E-state index in [1.54, 1.807) is 53.9 Å². The number of nitrogens with zero attached hydrogens (tertiary/aromatic N) is 1. The summed E-state index contributed by atoms with van der Waals surface area (Å²) in [5, 5.41) is 4.84. The van der Waals surface area contributed by atoms with E-state index in [1.165, 1.54) is 42.7 Å². The Morgan fingerprint density at radius 1 is 0.943 bits per heavy atom. The number of nitrogens with one attached hydrogen (secondary N) is 2. The number of thiazole rings is 1. The molecular formula is C25H21N3O5S2. The lowest BCUT2D eigenvalue weighted by Crippen LogP contribution is -2.18. The molecule has 0 aliphatic carbocycles. The predicted octanol–water partition coefficient (Wildman–Crippen LogP) is 4.96. The average molecular weight is 508 g/mol. The molecule has 1 aromatic heterocycles. The highest BCUT2D eigenvalue weighted by atomic mass is 32.2. The number of aryl methyl sites for hydroxylation is 1. The van der Waals surface area contributed by atoms with E-state index >= 15 is 0 Å². The van der Waals surface area contributed by atoms with Gasteiger partial charge in [-0.1, -0.05) is 42.0 Å². The van der Waals surface area contributed by atoms with Crippen molar-refractivity contribution in [3.8, 4) is 11.3 Å². The molecule has 35 heavy (non-hydrogen) atoms. The maximum Gasteiger partial charge on any atom is 0.337 e. The highest BCUT2D eigenvalue weighted by Gasteiger charge is 2.19. The number of esters is 1. The summed E-state index contributed by atoms with van der Waals surface area (Å²) in [6.07, 6.45) is 0.